The van der Waals surface area contributed by atoms with Gasteiger partial charge in [0.05, 0.1) is 14.2 Å². The molecule has 0 radical (unpaired) electrons. The molecule has 0 aromatic heterocycles. The number of rotatable bonds is 6. The smallest absolute Gasteiger partial charge is 0.223 e. The normalized spacial score (nSPS) is 18.5. The molecule has 0 spiro atoms. The SMILES string of the molecule is COc1ccc(OC)c(CCC(=O)N2CCCCC2C(C)N)c1.Cl. The number of nitrogens with two attached hydrogens (primary N) is 1. The third kappa shape index (κ3) is 5.02. The molecular formula is C18H29ClN2O3. The van der Waals surface area contributed by atoms with Gasteiger partial charge in [0.25, 0.3) is 0 Å². The van der Waals surface area contributed by atoms with Crippen LogP contribution >= 0.6 is 12.4 Å². The van der Waals surface area contributed by atoms with Gasteiger partial charge in [0.15, 0.2) is 0 Å². The van der Waals surface area contributed by atoms with E-state index < -0.39 is 0 Å². The Bertz CT molecular complexity index is 537. The Morgan fingerprint density at radius 2 is 2.08 bits per heavy atom. The predicted octanol–water partition coefficient (Wildman–Crippen LogP) is 2.79. The van der Waals surface area contributed by atoms with Crippen molar-refractivity contribution in [1.29, 1.82) is 0 Å². The van der Waals surface area contributed by atoms with Gasteiger partial charge in [-0.1, -0.05) is 0 Å². The summed E-state index contributed by atoms with van der Waals surface area (Å²) in [6.45, 7) is 2.81. The van der Waals surface area contributed by atoms with Crippen molar-refractivity contribution in [2.24, 2.45) is 5.73 Å². The first-order valence-electron chi connectivity index (χ1n) is 8.32. The van der Waals surface area contributed by atoms with Crippen molar-refractivity contribution in [3.8, 4) is 11.5 Å². The minimum Gasteiger partial charge on any atom is -0.497 e. The monoisotopic (exact) mass is 356 g/mol. The Labute approximate surface area is 150 Å². The molecule has 1 heterocycles. The van der Waals surface area contributed by atoms with Gasteiger partial charge in [-0.25, -0.2) is 0 Å². The average Bonchev–Trinajstić information content (AvgIpc) is 2.59. The van der Waals surface area contributed by atoms with E-state index in [9.17, 15) is 4.79 Å². The number of carbonyl (C=O) groups excluding carboxylic acids is 1. The summed E-state index contributed by atoms with van der Waals surface area (Å²) in [6, 6.07) is 5.87. The van der Waals surface area contributed by atoms with Crippen molar-refractivity contribution in [2.45, 2.75) is 51.1 Å². The van der Waals surface area contributed by atoms with E-state index in [1.807, 2.05) is 30.0 Å². The summed E-state index contributed by atoms with van der Waals surface area (Å²) >= 11 is 0. The van der Waals surface area contributed by atoms with Crippen LogP contribution in [0.5, 0.6) is 11.5 Å². The first-order valence-corrected chi connectivity index (χ1v) is 8.32. The minimum atomic E-state index is 0. The van der Waals surface area contributed by atoms with Crippen LogP contribution in [0.1, 0.15) is 38.2 Å². The number of nitrogens with zero attached hydrogens (tertiary/aromatic N) is 1. The molecule has 0 aliphatic carbocycles. The molecule has 2 unspecified atom stereocenters. The van der Waals surface area contributed by atoms with Crippen LogP contribution in [0.2, 0.25) is 0 Å². The summed E-state index contributed by atoms with van der Waals surface area (Å²) in [5, 5.41) is 0. The third-order valence-corrected chi connectivity index (χ3v) is 4.57. The number of piperidine rings is 1. The molecule has 2 rings (SSSR count). The van der Waals surface area contributed by atoms with E-state index in [-0.39, 0.29) is 30.4 Å². The van der Waals surface area contributed by atoms with Gasteiger partial charge in [-0.2, -0.15) is 0 Å². The van der Waals surface area contributed by atoms with Crippen LogP contribution in [0.15, 0.2) is 18.2 Å². The largest absolute Gasteiger partial charge is 0.497 e. The molecule has 1 aromatic rings. The number of methoxy groups -OCH3 is 2. The van der Waals surface area contributed by atoms with E-state index in [4.69, 9.17) is 15.2 Å². The summed E-state index contributed by atoms with van der Waals surface area (Å²) in [6.07, 6.45) is 4.33. The topological polar surface area (TPSA) is 64.8 Å². The molecule has 136 valence electrons. The molecule has 0 bridgehead atoms. The van der Waals surface area contributed by atoms with Crippen molar-refractivity contribution in [3.63, 3.8) is 0 Å². The lowest BCUT2D eigenvalue weighted by molar-refractivity contribution is -0.135. The van der Waals surface area contributed by atoms with E-state index in [1.54, 1.807) is 14.2 Å². The molecule has 1 aromatic carbocycles. The standard InChI is InChI=1S/C18H28N2O3.ClH/c1-13(19)16-6-4-5-11-20(16)18(21)10-7-14-12-15(22-2)8-9-17(14)23-3;/h8-9,12-13,16H,4-7,10-11,19H2,1-3H3;1H. The Morgan fingerprint density at radius 3 is 2.71 bits per heavy atom. The molecule has 1 aliphatic rings. The van der Waals surface area contributed by atoms with Gasteiger partial charge in [0.1, 0.15) is 11.5 Å². The first-order chi connectivity index (χ1) is 11.1. The van der Waals surface area contributed by atoms with E-state index in [0.717, 1.165) is 42.9 Å². The van der Waals surface area contributed by atoms with E-state index in [2.05, 4.69) is 0 Å². The molecule has 1 fully saturated rings. The van der Waals surface area contributed by atoms with Crippen molar-refractivity contribution in [3.05, 3.63) is 23.8 Å². The van der Waals surface area contributed by atoms with Crippen molar-refractivity contribution >= 4 is 18.3 Å². The zero-order chi connectivity index (χ0) is 16.8. The number of hydrogen-bond donors (Lipinski definition) is 1. The Hall–Kier alpha value is -1.46. The second-order valence-corrected chi connectivity index (χ2v) is 6.19. The van der Waals surface area contributed by atoms with Crippen molar-refractivity contribution in [1.82, 2.24) is 4.90 Å². The predicted molar refractivity (Wildman–Crippen MR) is 98.1 cm³/mol. The molecule has 24 heavy (non-hydrogen) atoms. The zero-order valence-electron chi connectivity index (χ0n) is 14.8. The number of likely N-dealkylation sites (tertiary alicyclic amines) is 1. The number of aryl methyl sites for hydroxylation is 1. The van der Waals surface area contributed by atoms with Gasteiger partial charge in [-0.05, 0) is 56.4 Å². The van der Waals surface area contributed by atoms with Crippen molar-refractivity contribution in [2.75, 3.05) is 20.8 Å². The summed E-state index contributed by atoms with van der Waals surface area (Å²) in [4.78, 5) is 14.6. The fraction of sp³-hybridized carbons (Fsp3) is 0.611. The lowest BCUT2D eigenvalue weighted by Gasteiger charge is -2.38. The highest BCUT2D eigenvalue weighted by Gasteiger charge is 2.28. The first kappa shape index (κ1) is 20.6. The molecule has 5 nitrogen and oxygen atoms in total. The maximum Gasteiger partial charge on any atom is 0.223 e. The van der Waals surface area contributed by atoms with Crippen LogP contribution in [0.4, 0.5) is 0 Å². The summed E-state index contributed by atoms with van der Waals surface area (Å²) in [5.74, 6) is 1.75. The fourth-order valence-corrected chi connectivity index (χ4v) is 3.28. The van der Waals surface area contributed by atoms with E-state index >= 15 is 0 Å². The summed E-state index contributed by atoms with van der Waals surface area (Å²) in [7, 11) is 3.28. The quantitative estimate of drug-likeness (QED) is 0.851. The van der Waals surface area contributed by atoms with Gasteiger partial charge in [-0.3, -0.25) is 4.79 Å². The third-order valence-electron chi connectivity index (χ3n) is 4.57. The summed E-state index contributed by atoms with van der Waals surface area (Å²) in [5.41, 5.74) is 7.05. The van der Waals surface area contributed by atoms with Gasteiger partial charge in [0.2, 0.25) is 5.91 Å². The Balaban J connectivity index is 0.00000288. The van der Waals surface area contributed by atoms with Crippen molar-refractivity contribution < 1.29 is 14.3 Å². The number of ether oxygens (including phenoxy) is 2. The van der Waals surface area contributed by atoms with E-state index in [0.29, 0.717) is 12.8 Å². The number of carbonyl (C=O) groups is 1. The number of hydrogen-bond acceptors (Lipinski definition) is 4. The zero-order valence-corrected chi connectivity index (χ0v) is 15.6. The second-order valence-electron chi connectivity index (χ2n) is 6.19. The molecule has 6 heteroatoms. The lowest BCUT2D eigenvalue weighted by atomic mass is 9.96. The van der Waals surface area contributed by atoms with Crippen LogP contribution < -0.4 is 15.2 Å². The van der Waals surface area contributed by atoms with Crippen LogP contribution in [0, 0.1) is 0 Å². The maximum atomic E-state index is 12.6. The average molecular weight is 357 g/mol. The maximum absolute atomic E-state index is 12.6. The number of benzene rings is 1. The van der Waals surface area contributed by atoms with Gasteiger partial charge in [0, 0.05) is 25.0 Å². The molecule has 2 N–H and O–H groups in total. The Morgan fingerprint density at radius 1 is 1.33 bits per heavy atom. The highest BCUT2D eigenvalue weighted by Crippen LogP contribution is 2.26. The molecule has 2 atom stereocenters. The van der Waals surface area contributed by atoms with Gasteiger partial charge < -0.3 is 20.1 Å². The number of halogens is 1. The lowest BCUT2D eigenvalue weighted by Crippen LogP contribution is -2.51. The van der Waals surface area contributed by atoms with Gasteiger partial charge in [-0.15, -0.1) is 12.4 Å². The molecule has 1 amide bonds. The molecule has 1 aliphatic heterocycles. The second kappa shape index (κ2) is 9.74. The number of amides is 1. The van der Waals surface area contributed by atoms with Crippen LogP contribution in [0.3, 0.4) is 0 Å². The van der Waals surface area contributed by atoms with E-state index in [1.165, 1.54) is 0 Å². The highest BCUT2D eigenvalue weighted by atomic mass is 35.5. The molecular weight excluding hydrogens is 328 g/mol. The Kier molecular flexibility index (Phi) is 8.36. The highest BCUT2D eigenvalue weighted by molar-refractivity contribution is 5.85. The van der Waals surface area contributed by atoms with Crippen LogP contribution in [0.25, 0.3) is 0 Å². The van der Waals surface area contributed by atoms with Crippen LogP contribution in [-0.2, 0) is 11.2 Å². The molecule has 1 saturated heterocycles. The molecule has 0 saturated carbocycles. The summed E-state index contributed by atoms with van der Waals surface area (Å²) < 4.78 is 10.6. The van der Waals surface area contributed by atoms with Gasteiger partial charge >= 0.3 is 0 Å². The van der Waals surface area contributed by atoms with Crippen LogP contribution in [-0.4, -0.2) is 43.7 Å². The fourth-order valence-electron chi connectivity index (χ4n) is 3.28. The minimum absolute atomic E-state index is 0.